The zero-order valence-corrected chi connectivity index (χ0v) is 7.97. The maximum absolute atomic E-state index is 7.88. The number of rotatable bonds is 1. The van der Waals surface area contributed by atoms with Crippen LogP contribution < -0.4 is 0 Å². The average Bonchev–Trinajstić information content (AvgIpc) is 1.69. The van der Waals surface area contributed by atoms with Crippen molar-refractivity contribution in [3.8, 4) is 0 Å². The molecule has 0 fully saturated rings. The van der Waals surface area contributed by atoms with Gasteiger partial charge >= 0.3 is 0 Å². The quantitative estimate of drug-likeness (QED) is 0.638. The third-order valence-electron chi connectivity index (χ3n) is 0.224. The first-order valence-corrected chi connectivity index (χ1v) is 2.55. The molecule has 8 heavy (non-hydrogen) atoms. The van der Waals surface area contributed by atoms with Gasteiger partial charge in [-0.3, -0.25) is 0 Å². The van der Waals surface area contributed by atoms with Crippen LogP contribution in [0.3, 0.4) is 0 Å². The Kier molecular flexibility index (Phi) is 49.7. The van der Waals surface area contributed by atoms with Crippen molar-refractivity contribution in [1.29, 1.82) is 0 Å². The van der Waals surface area contributed by atoms with Gasteiger partial charge in [-0.15, -0.1) is 0 Å². The molecular weight excluding hydrogens is 183 g/mol. The molecule has 0 atom stereocenters. The first-order valence-electron chi connectivity index (χ1n) is 2.55. The second kappa shape index (κ2) is 25.0. The van der Waals surface area contributed by atoms with E-state index in [2.05, 4.69) is 0 Å². The van der Waals surface area contributed by atoms with Gasteiger partial charge in [-0.2, -0.15) is 0 Å². The van der Waals surface area contributed by atoms with E-state index in [9.17, 15) is 0 Å². The van der Waals surface area contributed by atoms with Crippen LogP contribution in [0.4, 0.5) is 0 Å². The number of aliphatic hydroxyl groups excluding tert-OH is 2. The Bertz CT molecular complexity index is 17.9. The first-order chi connectivity index (χ1) is 3.33. The molecule has 50 valence electrons. The fraction of sp³-hybridized carbons (Fsp3) is 1.00. The van der Waals surface area contributed by atoms with Crippen molar-refractivity contribution in [3.63, 3.8) is 0 Å². The maximum atomic E-state index is 7.88. The molecule has 0 aliphatic carbocycles. The van der Waals surface area contributed by atoms with Gasteiger partial charge in [-0.05, 0) is 13.3 Å². The van der Waals surface area contributed by atoms with Gasteiger partial charge in [0.25, 0.3) is 0 Å². The van der Waals surface area contributed by atoms with E-state index in [-0.39, 0.29) is 32.8 Å². The fourth-order valence-electron chi connectivity index (χ4n) is 0. The minimum Gasteiger partial charge on any atom is -0.397 e. The van der Waals surface area contributed by atoms with Crippen LogP contribution in [-0.4, -0.2) is 23.4 Å². The summed E-state index contributed by atoms with van der Waals surface area (Å²) in [5.41, 5.74) is 0. The summed E-state index contributed by atoms with van der Waals surface area (Å²) in [7, 11) is 0. The molecule has 0 heterocycles. The van der Waals surface area contributed by atoms with Gasteiger partial charge in [0.1, 0.15) is 0 Å². The Morgan fingerprint density at radius 2 is 1.25 bits per heavy atom. The van der Waals surface area contributed by atoms with E-state index in [1.54, 1.807) is 6.92 Å². The van der Waals surface area contributed by atoms with Crippen LogP contribution >= 0.6 is 0 Å². The van der Waals surface area contributed by atoms with Crippen molar-refractivity contribution in [2.45, 2.75) is 20.3 Å². The zero-order valence-electron chi connectivity index (χ0n) is 5.52. The largest absolute Gasteiger partial charge is 0.397 e. The minimum atomic E-state index is 0. The molecule has 0 aromatic heterocycles. The Morgan fingerprint density at radius 3 is 1.25 bits per heavy atom. The summed E-state index contributed by atoms with van der Waals surface area (Å²) in [5.74, 6) is 0. The molecule has 2 nitrogen and oxygen atoms in total. The smallest absolute Gasteiger partial charge is 0.0428 e. The number of hydrogen-bond donors (Lipinski definition) is 2. The minimum absolute atomic E-state index is 0. The van der Waals surface area contributed by atoms with Crippen LogP contribution in [-0.2, 0) is 26.2 Å². The van der Waals surface area contributed by atoms with Crippen LogP contribution in [0.15, 0.2) is 0 Å². The van der Waals surface area contributed by atoms with Gasteiger partial charge in [0, 0.05) is 39.4 Å². The Morgan fingerprint density at radius 1 is 1.12 bits per heavy atom. The van der Waals surface area contributed by atoms with Crippen LogP contribution in [0.2, 0.25) is 0 Å². The van der Waals surface area contributed by atoms with Crippen LogP contribution in [0, 0.1) is 0 Å². The SMILES string of the molecule is CCCO.CCO.[Zr]. The molecule has 0 aromatic rings. The van der Waals surface area contributed by atoms with Gasteiger partial charge in [-0.1, -0.05) is 6.92 Å². The zero-order chi connectivity index (χ0) is 6.12. The third kappa shape index (κ3) is 70.5. The summed E-state index contributed by atoms with van der Waals surface area (Å²) in [6.07, 6.45) is 0.875. The molecule has 0 radical (unpaired) electrons. The molecule has 0 amide bonds. The van der Waals surface area contributed by atoms with Gasteiger partial charge in [0.15, 0.2) is 0 Å². The van der Waals surface area contributed by atoms with Gasteiger partial charge < -0.3 is 10.2 Å². The molecule has 0 unspecified atom stereocenters. The third-order valence-corrected chi connectivity index (χ3v) is 0.224. The molecule has 0 rings (SSSR count). The van der Waals surface area contributed by atoms with Crippen molar-refractivity contribution in [2.75, 3.05) is 13.2 Å². The van der Waals surface area contributed by atoms with E-state index in [1.807, 2.05) is 6.92 Å². The van der Waals surface area contributed by atoms with Crippen molar-refractivity contribution < 1.29 is 36.4 Å². The fourth-order valence-corrected chi connectivity index (χ4v) is 0. The molecule has 0 spiro atoms. The first kappa shape index (κ1) is 15.9. The normalized spacial score (nSPS) is 6.00. The molecule has 0 aromatic carbocycles. The standard InChI is InChI=1S/C3H8O.C2H6O.Zr/c1-2-3-4;1-2-3;/h4H,2-3H2,1H3;3H,2H2,1H3;. The summed E-state index contributed by atoms with van der Waals surface area (Å²) in [5, 5.41) is 15.4. The summed E-state index contributed by atoms with van der Waals surface area (Å²) >= 11 is 0. The van der Waals surface area contributed by atoms with Gasteiger partial charge in [-0.25, -0.2) is 0 Å². The Hall–Kier alpha value is 0.803. The predicted octanol–water partition coefficient (Wildman–Crippen LogP) is 0.385. The Balaban J connectivity index is -0.0000000575. The second-order valence-electron chi connectivity index (χ2n) is 1.04. The van der Waals surface area contributed by atoms with E-state index in [0.717, 1.165) is 6.42 Å². The van der Waals surface area contributed by atoms with Gasteiger partial charge in [0.2, 0.25) is 0 Å². The Labute approximate surface area is 70.0 Å². The summed E-state index contributed by atoms with van der Waals surface area (Å²) in [4.78, 5) is 0. The number of aliphatic hydroxyl groups is 2. The van der Waals surface area contributed by atoms with Gasteiger partial charge in [0.05, 0.1) is 0 Å². The number of hydrogen-bond acceptors (Lipinski definition) is 2. The van der Waals surface area contributed by atoms with E-state index in [4.69, 9.17) is 10.2 Å². The summed E-state index contributed by atoms with van der Waals surface area (Å²) in [6.45, 7) is 4.18. The van der Waals surface area contributed by atoms with E-state index < -0.39 is 0 Å². The molecule has 0 aliphatic rings. The molecule has 2 N–H and O–H groups in total. The van der Waals surface area contributed by atoms with Crippen molar-refractivity contribution in [2.24, 2.45) is 0 Å². The molecule has 0 aliphatic heterocycles. The summed E-state index contributed by atoms with van der Waals surface area (Å²) in [6, 6.07) is 0. The van der Waals surface area contributed by atoms with E-state index in [1.165, 1.54) is 0 Å². The van der Waals surface area contributed by atoms with Crippen molar-refractivity contribution >= 4 is 0 Å². The maximum Gasteiger partial charge on any atom is 0.0428 e. The van der Waals surface area contributed by atoms with Crippen molar-refractivity contribution in [1.82, 2.24) is 0 Å². The second-order valence-corrected chi connectivity index (χ2v) is 1.04. The van der Waals surface area contributed by atoms with E-state index >= 15 is 0 Å². The molecular formula is C5H14O2Zr. The average molecular weight is 197 g/mol. The molecule has 0 saturated heterocycles. The van der Waals surface area contributed by atoms with E-state index in [0.29, 0.717) is 6.61 Å². The molecule has 0 saturated carbocycles. The van der Waals surface area contributed by atoms with Crippen LogP contribution in [0.1, 0.15) is 20.3 Å². The monoisotopic (exact) mass is 196 g/mol. The van der Waals surface area contributed by atoms with Crippen LogP contribution in [0.25, 0.3) is 0 Å². The van der Waals surface area contributed by atoms with Crippen LogP contribution in [0.5, 0.6) is 0 Å². The topological polar surface area (TPSA) is 40.5 Å². The molecule has 0 bridgehead atoms. The molecule has 3 heteroatoms. The summed E-state index contributed by atoms with van der Waals surface area (Å²) < 4.78 is 0. The van der Waals surface area contributed by atoms with Crippen molar-refractivity contribution in [3.05, 3.63) is 0 Å². The predicted molar refractivity (Wildman–Crippen MR) is 30.1 cm³/mol.